The molecule has 1 unspecified atom stereocenters. The quantitative estimate of drug-likeness (QED) is 0.281. The molecule has 0 bridgehead atoms. The maximum Gasteiger partial charge on any atom is 0.350 e. The molecule has 2 N–H and O–H groups in total. The standard InChI is InChI=1S/C17H25N5O2S.HI/c1-6-24-16(23)14-11(2)20-15(25-14)12(3)21-17(18-4)19-9-13-7-8-22(5)10-13;/h7-8,10,12H,6,9H2,1-5H3,(H2,18,19,21);1H. The first kappa shape index (κ1) is 22.4. The molecule has 1 atom stereocenters. The molecule has 0 amide bonds. The summed E-state index contributed by atoms with van der Waals surface area (Å²) < 4.78 is 7.07. The number of aryl methyl sites for hydroxylation is 2. The van der Waals surface area contributed by atoms with Gasteiger partial charge in [-0.3, -0.25) is 4.99 Å². The van der Waals surface area contributed by atoms with E-state index in [9.17, 15) is 4.79 Å². The minimum atomic E-state index is -0.317. The average molecular weight is 491 g/mol. The Morgan fingerprint density at radius 2 is 2.23 bits per heavy atom. The minimum absolute atomic E-state index is 0. The lowest BCUT2D eigenvalue weighted by atomic mass is 10.3. The maximum absolute atomic E-state index is 11.9. The van der Waals surface area contributed by atoms with E-state index in [2.05, 4.69) is 32.9 Å². The lowest BCUT2D eigenvalue weighted by Gasteiger charge is -2.15. The molecule has 0 radical (unpaired) electrons. The highest BCUT2D eigenvalue weighted by atomic mass is 127. The molecule has 9 heteroatoms. The van der Waals surface area contributed by atoms with Gasteiger partial charge in [0.25, 0.3) is 0 Å². The van der Waals surface area contributed by atoms with Crippen LogP contribution < -0.4 is 10.6 Å². The number of aliphatic imine (C=N–C) groups is 1. The fourth-order valence-corrected chi connectivity index (χ4v) is 3.26. The van der Waals surface area contributed by atoms with Crippen LogP contribution >= 0.6 is 35.3 Å². The second-order valence-corrected chi connectivity index (χ2v) is 6.69. The Balaban J connectivity index is 0.00000338. The molecular weight excluding hydrogens is 465 g/mol. The van der Waals surface area contributed by atoms with E-state index in [0.29, 0.717) is 29.7 Å². The Labute approximate surface area is 175 Å². The van der Waals surface area contributed by atoms with Crippen LogP contribution in [-0.2, 0) is 18.3 Å². The normalized spacial score (nSPS) is 12.3. The van der Waals surface area contributed by atoms with Crippen molar-refractivity contribution in [2.75, 3.05) is 13.7 Å². The van der Waals surface area contributed by atoms with Gasteiger partial charge in [0.1, 0.15) is 9.88 Å². The van der Waals surface area contributed by atoms with Gasteiger partial charge in [0.2, 0.25) is 0 Å². The van der Waals surface area contributed by atoms with Gasteiger partial charge in [0.05, 0.1) is 18.3 Å². The molecule has 26 heavy (non-hydrogen) atoms. The van der Waals surface area contributed by atoms with Crippen molar-refractivity contribution in [1.29, 1.82) is 0 Å². The van der Waals surface area contributed by atoms with Crippen molar-refractivity contribution in [3.63, 3.8) is 0 Å². The number of hydrogen-bond donors (Lipinski definition) is 2. The number of guanidine groups is 1. The number of rotatable bonds is 6. The van der Waals surface area contributed by atoms with Gasteiger partial charge in [-0.1, -0.05) is 0 Å². The van der Waals surface area contributed by atoms with Crippen LogP contribution in [0.15, 0.2) is 23.5 Å². The predicted molar refractivity (Wildman–Crippen MR) is 115 cm³/mol. The number of thiazole rings is 1. The minimum Gasteiger partial charge on any atom is -0.462 e. The zero-order valence-electron chi connectivity index (χ0n) is 15.7. The second kappa shape index (κ2) is 10.5. The maximum atomic E-state index is 11.9. The molecule has 2 aromatic heterocycles. The zero-order chi connectivity index (χ0) is 18.4. The summed E-state index contributed by atoms with van der Waals surface area (Å²) in [5.41, 5.74) is 1.87. The highest BCUT2D eigenvalue weighted by Crippen LogP contribution is 2.24. The summed E-state index contributed by atoms with van der Waals surface area (Å²) in [7, 11) is 3.72. The molecule has 0 fully saturated rings. The van der Waals surface area contributed by atoms with Gasteiger partial charge >= 0.3 is 5.97 Å². The van der Waals surface area contributed by atoms with Gasteiger partial charge in [0.15, 0.2) is 5.96 Å². The fourth-order valence-electron chi connectivity index (χ4n) is 2.30. The van der Waals surface area contributed by atoms with Crippen molar-refractivity contribution in [2.45, 2.75) is 33.4 Å². The highest BCUT2D eigenvalue weighted by molar-refractivity contribution is 14.0. The largest absolute Gasteiger partial charge is 0.462 e. The molecule has 2 heterocycles. The molecule has 0 saturated carbocycles. The van der Waals surface area contributed by atoms with Crippen molar-refractivity contribution < 1.29 is 9.53 Å². The first-order chi connectivity index (χ1) is 11.9. The van der Waals surface area contributed by atoms with E-state index < -0.39 is 0 Å². The molecule has 0 aliphatic rings. The summed E-state index contributed by atoms with van der Waals surface area (Å²) >= 11 is 1.35. The molecule has 0 aromatic carbocycles. The number of hydrogen-bond acceptors (Lipinski definition) is 5. The average Bonchev–Trinajstić information content (AvgIpc) is 3.17. The van der Waals surface area contributed by atoms with Crippen molar-refractivity contribution >= 4 is 47.2 Å². The van der Waals surface area contributed by atoms with Crippen LogP contribution in [0.1, 0.15) is 45.8 Å². The van der Waals surface area contributed by atoms with Crippen LogP contribution in [0.4, 0.5) is 0 Å². The SMILES string of the molecule is CCOC(=O)c1sc(C(C)NC(=NC)NCc2ccn(C)c2)nc1C.I. The van der Waals surface area contributed by atoms with Crippen molar-refractivity contribution in [3.05, 3.63) is 39.6 Å². The lowest BCUT2D eigenvalue weighted by molar-refractivity contribution is 0.0531. The summed E-state index contributed by atoms with van der Waals surface area (Å²) in [6.45, 7) is 6.64. The first-order valence-corrected chi connectivity index (χ1v) is 8.98. The van der Waals surface area contributed by atoms with Gasteiger partial charge < -0.3 is 19.9 Å². The van der Waals surface area contributed by atoms with Crippen molar-refractivity contribution in [3.8, 4) is 0 Å². The van der Waals surface area contributed by atoms with E-state index >= 15 is 0 Å². The van der Waals surface area contributed by atoms with Crippen LogP contribution in [0, 0.1) is 6.92 Å². The van der Waals surface area contributed by atoms with Crippen LogP contribution in [0.3, 0.4) is 0 Å². The van der Waals surface area contributed by atoms with E-state index in [-0.39, 0.29) is 36.0 Å². The number of aromatic nitrogens is 2. The second-order valence-electron chi connectivity index (χ2n) is 5.66. The van der Waals surface area contributed by atoms with Crippen molar-refractivity contribution in [2.24, 2.45) is 12.0 Å². The molecule has 7 nitrogen and oxygen atoms in total. The highest BCUT2D eigenvalue weighted by Gasteiger charge is 2.20. The number of ether oxygens (including phenoxy) is 1. The Morgan fingerprint density at radius 1 is 1.50 bits per heavy atom. The molecule has 0 aliphatic carbocycles. The van der Waals surface area contributed by atoms with Gasteiger partial charge in [-0.2, -0.15) is 0 Å². The van der Waals surface area contributed by atoms with Crippen molar-refractivity contribution in [1.82, 2.24) is 20.2 Å². The van der Waals surface area contributed by atoms with Crippen LogP contribution in [0.5, 0.6) is 0 Å². The van der Waals surface area contributed by atoms with E-state index in [1.165, 1.54) is 16.9 Å². The van der Waals surface area contributed by atoms with E-state index in [1.807, 2.05) is 31.7 Å². The van der Waals surface area contributed by atoms with E-state index in [4.69, 9.17) is 4.74 Å². The molecule has 0 saturated heterocycles. The smallest absolute Gasteiger partial charge is 0.350 e. The van der Waals surface area contributed by atoms with E-state index in [1.54, 1.807) is 14.0 Å². The summed E-state index contributed by atoms with van der Waals surface area (Å²) in [4.78, 5) is 21.2. The van der Waals surface area contributed by atoms with Gasteiger partial charge in [-0.25, -0.2) is 9.78 Å². The van der Waals surface area contributed by atoms with Gasteiger partial charge in [-0.05, 0) is 32.4 Å². The lowest BCUT2D eigenvalue weighted by Crippen LogP contribution is -2.38. The van der Waals surface area contributed by atoms with Crippen LogP contribution in [-0.4, -0.2) is 35.1 Å². The number of nitrogens with zero attached hydrogens (tertiary/aromatic N) is 3. The van der Waals surface area contributed by atoms with Gasteiger partial charge in [0, 0.05) is 33.0 Å². The number of esters is 1. The molecule has 144 valence electrons. The van der Waals surface area contributed by atoms with Crippen LogP contribution in [0.25, 0.3) is 0 Å². The Kier molecular flexibility index (Phi) is 9.06. The number of carbonyl (C=O) groups excluding carboxylic acids is 1. The third kappa shape index (κ3) is 5.97. The molecule has 2 rings (SSSR count). The number of nitrogens with one attached hydrogen (secondary N) is 2. The number of carbonyl (C=O) groups is 1. The summed E-state index contributed by atoms with van der Waals surface area (Å²) in [5.74, 6) is 0.365. The molecular formula is C17H26IN5O2S. The Bertz CT molecular complexity index is 756. The zero-order valence-corrected chi connectivity index (χ0v) is 18.8. The van der Waals surface area contributed by atoms with Gasteiger partial charge in [-0.15, -0.1) is 35.3 Å². The number of halogens is 1. The molecule has 2 aromatic rings. The summed E-state index contributed by atoms with van der Waals surface area (Å²) in [6.07, 6.45) is 4.06. The first-order valence-electron chi connectivity index (χ1n) is 8.17. The summed E-state index contributed by atoms with van der Waals surface area (Å²) in [5, 5.41) is 7.40. The van der Waals surface area contributed by atoms with Crippen LogP contribution in [0.2, 0.25) is 0 Å². The monoisotopic (exact) mass is 491 g/mol. The fraction of sp³-hybridized carbons (Fsp3) is 0.471. The third-order valence-corrected chi connectivity index (χ3v) is 4.89. The third-order valence-electron chi connectivity index (χ3n) is 3.57. The topological polar surface area (TPSA) is 80.5 Å². The molecule has 0 aliphatic heterocycles. The Hall–Kier alpha value is -1.62. The predicted octanol–water partition coefficient (Wildman–Crippen LogP) is 3.01. The van der Waals surface area contributed by atoms with E-state index in [0.717, 1.165) is 5.01 Å². The summed E-state index contributed by atoms with van der Waals surface area (Å²) in [6, 6.07) is 1.98. The Morgan fingerprint density at radius 3 is 2.81 bits per heavy atom. The molecule has 0 spiro atoms.